The molecule has 1 aromatic carbocycles. The van der Waals surface area contributed by atoms with Gasteiger partial charge in [0.1, 0.15) is 6.04 Å². The van der Waals surface area contributed by atoms with E-state index in [1.54, 1.807) is 32.0 Å². The summed E-state index contributed by atoms with van der Waals surface area (Å²) >= 11 is 0. The Kier molecular flexibility index (Phi) is 7.44. The lowest BCUT2D eigenvalue weighted by Crippen LogP contribution is -2.45. The van der Waals surface area contributed by atoms with E-state index in [0.29, 0.717) is 11.5 Å². The number of Topliss-reactive ketones (excluding diaryl/α,β-unsaturated/α-hetero) is 1. The van der Waals surface area contributed by atoms with Gasteiger partial charge in [-0.05, 0) is 42.4 Å². The average molecular weight is 411 g/mol. The van der Waals surface area contributed by atoms with Crippen molar-refractivity contribution < 1.29 is 23.5 Å². The number of carbonyl (C=O) groups is 3. The summed E-state index contributed by atoms with van der Waals surface area (Å²) in [6, 6.07) is 9.85. The minimum Gasteiger partial charge on any atom is -0.459 e. The van der Waals surface area contributed by atoms with Crippen LogP contribution < -0.4 is 5.32 Å². The van der Waals surface area contributed by atoms with Gasteiger partial charge in [-0.1, -0.05) is 57.4 Å². The second-order valence-corrected chi connectivity index (χ2v) is 8.16. The second kappa shape index (κ2) is 10.2. The van der Waals surface area contributed by atoms with E-state index in [1.165, 1.54) is 50.0 Å². The van der Waals surface area contributed by atoms with E-state index in [4.69, 9.17) is 9.15 Å². The third-order valence-electron chi connectivity index (χ3n) is 5.61. The molecule has 1 aromatic heterocycles. The maximum Gasteiger partial charge on any atom is 0.329 e. The molecule has 1 amide bonds. The number of esters is 1. The molecular weight excluding hydrogens is 382 g/mol. The number of rotatable bonds is 8. The maximum atomic E-state index is 12.5. The Balaban J connectivity index is 1.54. The van der Waals surface area contributed by atoms with Gasteiger partial charge in [-0.15, -0.1) is 0 Å². The Morgan fingerprint density at radius 3 is 2.37 bits per heavy atom. The van der Waals surface area contributed by atoms with E-state index >= 15 is 0 Å². The largest absolute Gasteiger partial charge is 0.459 e. The monoisotopic (exact) mass is 411 g/mol. The van der Waals surface area contributed by atoms with Crippen LogP contribution in [-0.2, 0) is 9.53 Å². The molecule has 0 spiro atoms. The van der Waals surface area contributed by atoms with E-state index in [-0.39, 0.29) is 24.1 Å². The topological polar surface area (TPSA) is 85.6 Å². The van der Waals surface area contributed by atoms with E-state index < -0.39 is 17.9 Å². The summed E-state index contributed by atoms with van der Waals surface area (Å²) in [5, 5.41) is 2.61. The molecule has 0 unspecified atom stereocenters. The first-order chi connectivity index (χ1) is 14.5. The molecule has 1 atom stereocenters. The van der Waals surface area contributed by atoms with E-state index in [9.17, 15) is 14.4 Å². The van der Waals surface area contributed by atoms with Crippen LogP contribution in [0.3, 0.4) is 0 Å². The predicted molar refractivity (Wildman–Crippen MR) is 112 cm³/mol. The molecule has 0 aliphatic heterocycles. The van der Waals surface area contributed by atoms with Crippen molar-refractivity contribution in [1.29, 1.82) is 0 Å². The van der Waals surface area contributed by atoms with Crippen LogP contribution in [0.25, 0.3) is 0 Å². The summed E-state index contributed by atoms with van der Waals surface area (Å²) in [4.78, 5) is 37.1. The first-order valence-electron chi connectivity index (χ1n) is 10.6. The summed E-state index contributed by atoms with van der Waals surface area (Å²) in [7, 11) is 0. The molecule has 1 aliphatic carbocycles. The van der Waals surface area contributed by atoms with Gasteiger partial charge in [0.2, 0.25) is 0 Å². The van der Waals surface area contributed by atoms with Crippen molar-refractivity contribution in [2.45, 2.75) is 57.9 Å². The van der Waals surface area contributed by atoms with Gasteiger partial charge in [0.05, 0.1) is 6.26 Å². The van der Waals surface area contributed by atoms with Crippen LogP contribution in [0.5, 0.6) is 0 Å². The van der Waals surface area contributed by atoms with Crippen molar-refractivity contribution in [2.75, 3.05) is 6.61 Å². The summed E-state index contributed by atoms with van der Waals surface area (Å²) in [6.45, 7) is 3.22. The number of ether oxygens (including phenoxy) is 1. The van der Waals surface area contributed by atoms with Gasteiger partial charge in [-0.25, -0.2) is 4.79 Å². The zero-order chi connectivity index (χ0) is 21.5. The minimum atomic E-state index is -0.871. The molecule has 6 heteroatoms. The first kappa shape index (κ1) is 21.8. The number of hydrogen-bond donors (Lipinski definition) is 1. The first-order valence-corrected chi connectivity index (χ1v) is 10.6. The number of nitrogens with one attached hydrogen (secondary N) is 1. The quantitative estimate of drug-likeness (QED) is 0.510. The Bertz CT molecular complexity index is 848. The molecule has 3 rings (SSSR count). The lowest BCUT2D eigenvalue weighted by atomic mass is 9.84. The molecule has 1 fully saturated rings. The van der Waals surface area contributed by atoms with Gasteiger partial charge in [0, 0.05) is 5.56 Å². The summed E-state index contributed by atoms with van der Waals surface area (Å²) < 4.78 is 10.3. The summed E-state index contributed by atoms with van der Waals surface area (Å²) in [5.74, 6) is -0.926. The van der Waals surface area contributed by atoms with E-state index in [1.807, 2.05) is 12.1 Å². The van der Waals surface area contributed by atoms with Crippen molar-refractivity contribution in [3.8, 4) is 0 Å². The highest BCUT2D eigenvalue weighted by Crippen LogP contribution is 2.32. The predicted octanol–water partition coefficient (Wildman–Crippen LogP) is 4.51. The van der Waals surface area contributed by atoms with Gasteiger partial charge in [0.15, 0.2) is 18.2 Å². The maximum absolute atomic E-state index is 12.5. The molecule has 1 saturated carbocycles. The zero-order valence-electron chi connectivity index (χ0n) is 17.6. The van der Waals surface area contributed by atoms with E-state index in [0.717, 1.165) is 0 Å². The van der Waals surface area contributed by atoms with Gasteiger partial charge in [-0.2, -0.15) is 0 Å². The third-order valence-corrected chi connectivity index (χ3v) is 5.61. The number of carbonyl (C=O) groups excluding carboxylic acids is 3. The highest BCUT2D eigenvalue weighted by Gasteiger charge is 2.27. The van der Waals surface area contributed by atoms with Crippen molar-refractivity contribution >= 4 is 17.7 Å². The number of benzene rings is 1. The Morgan fingerprint density at radius 1 is 1.07 bits per heavy atom. The fourth-order valence-corrected chi connectivity index (χ4v) is 3.80. The fraction of sp³-hybridized carbons (Fsp3) is 0.458. The van der Waals surface area contributed by atoms with Crippen LogP contribution >= 0.6 is 0 Å². The normalized spacial score (nSPS) is 15.6. The molecule has 6 nitrogen and oxygen atoms in total. The Morgan fingerprint density at radius 2 is 1.77 bits per heavy atom. The van der Waals surface area contributed by atoms with E-state index in [2.05, 4.69) is 5.32 Å². The van der Waals surface area contributed by atoms with Gasteiger partial charge in [-0.3, -0.25) is 9.59 Å². The zero-order valence-corrected chi connectivity index (χ0v) is 17.6. The Labute approximate surface area is 177 Å². The summed E-state index contributed by atoms with van der Waals surface area (Å²) in [5.41, 5.74) is 1.78. The highest BCUT2D eigenvalue weighted by molar-refractivity contribution is 5.99. The van der Waals surface area contributed by atoms with Gasteiger partial charge >= 0.3 is 5.97 Å². The van der Waals surface area contributed by atoms with Crippen LogP contribution in [-0.4, -0.2) is 30.3 Å². The number of hydrogen-bond acceptors (Lipinski definition) is 5. The molecule has 1 aliphatic rings. The average Bonchev–Trinajstić information content (AvgIpc) is 3.31. The molecule has 30 heavy (non-hydrogen) atoms. The standard InChI is InChI=1S/C24H29NO5/c1-16(2)22(25-23(27)21-9-6-14-29-21)24(28)30-15-20(26)19-12-10-18(11-13-19)17-7-4-3-5-8-17/h6,9-14,16-17,22H,3-5,7-8,15H2,1-2H3,(H,25,27)/t22-/m1/s1. The smallest absolute Gasteiger partial charge is 0.329 e. The molecule has 0 bridgehead atoms. The molecule has 2 aromatic rings. The molecule has 0 saturated heterocycles. The van der Waals surface area contributed by atoms with Gasteiger partial charge in [0.25, 0.3) is 5.91 Å². The van der Waals surface area contributed by atoms with Crippen LogP contribution in [0.2, 0.25) is 0 Å². The van der Waals surface area contributed by atoms with Crippen LogP contribution in [0, 0.1) is 5.92 Å². The number of furan rings is 1. The molecule has 1 N–H and O–H groups in total. The fourth-order valence-electron chi connectivity index (χ4n) is 3.80. The van der Waals surface area contributed by atoms with Crippen LogP contribution in [0.15, 0.2) is 47.1 Å². The molecule has 1 heterocycles. The molecular formula is C24H29NO5. The number of ketones is 1. The SMILES string of the molecule is CC(C)[C@@H](NC(=O)c1ccco1)C(=O)OCC(=O)c1ccc(C2CCCCC2)cc1. The molecule has 160 valence electrons. The Hall–Kier alpha value is -2.89. The van der Waals surface area contributed by atoms with Crippen molar-refractivity contribution in [2.24, 2.45) is 5.92 Å². The van der Waals surface area contributed by atoms with Crippen LogP contribution in [0.1, 0.15) is 78.3 Å². The van der Waals surface area contributed by atoms with Crippen molar-refractivity contribution in [3.05, 3.63) is 59.5 Å². The number of amides is 1. The lowest BCUT2D eigenvalue weighted by Gasteiger charge is -2.22. The second-order valence-electron chi connectivity index (χ2n) is 8.16. The van der Waals surface area contributed by atoms with Crippen molar-refractivity contribution in [1.82, 2.24) is 5.32 Å². The van der Waals surface area contributed by atoms with Gasteiger partial charge < -0.3 is 14.5 Å². The minimum absolute atomic E-state index is 0.114. The highest BCUT2D eigenvalue weighted by atomic mass is 16.5. The van der Waals surface area contributed by atoms with Crippen molar-refractivity contribution in [3.63, 3.8) is 0 Å². The lowest BCUT2D eigenvalue weighted by molar-refractivity contribution is -0.145. The third kappa shape index (κ3) is 5.59. The van der Waals surface area contributed by atoms with Crippen LogP contribution in [0.4, 0.5) is 0 Å². The summed E-state index contributed by atoms with van der Waals surface area (Å²) in [6.07, 6.45) is 7.60. The molecule has 0 radical (unpaired) electrons.